The summed E-state index contributed by atoms with van der Waals surface area (Å²) < 4.78 is 6.51. The Morgan fingerprint density at radius 3 is 2.58 bits per heavy atom. The first-order chi connectivity index (χ1) is 12.6. The van der Waals surface area contributed by atoms with Crippen molar-refractivity contribution in [1.29, 1.82) is 0 Å². The Bertz CT molecular complexity index is 973. The molecule has 0 fully saturated rings. The summed E-state index contributed by atoms with van der Waals surface area (Å²) in [4.78, 5) is 30.4. The van der Waals surface area contributed by atoms with Crippen molar-refractivity contribution in [2.75, 3.05) is 6.61 Å². The lowest BCUT2D eigenvalue weighted by Crippen LogP contribution is -2.31. The molecule has 0 N–H and O–H groups in total. The molecule has 6 heteroatoms. The van der Waals surface area contributed by atoms with Crippen molar-refractivity contribution in [3.05, 3.63) is 51.9 Å². The molecular formula is C20H22N2O3S. The van der Waals surface area contributed by atoms with Gasteiger partial charge < -0.3 is 4.74 Å². The van der Waals surface area contributed by atoms with Crippen molar-refractivity contribution >= 4 is 27.5 Å². The first-order valence-corrected chi connectivity index (χ1v) is 9.72. The summed E-state index contributed by atoms with van der Waals surface area (Å²) in [5.74, 6) is -0.401. The summed E-state index contributed by atoms with van der Waals surface area (Å²) in [7, 11) is 0. The molecule has 2 aromatic heterocycles. The lowest BCUT2D eigenvalue weighted by molar-refractivity contribution is -0.147. The number of carbonyl (C=O) groups is 1. The van der Waals surface area contributed by atoms with E-state index in [0.29, 0.717) is 16.6 Å². The van der Waals surface area contributed by atoms with Gasteiger partial charge in [0, 0.05) is 10.9 Å². The van der Waals surface area contributed by atoms with Gasteiger partial charge in [-0.3, -0.25) is 9.36 Å². The van der Waals surface area contributed by atoms with Crippen molar-refractivity contribution in [2.24, 2.45) is 0 Å². The van der Waals surface area contributed by atoms with E-state index in [-0.39, 0.29) is 12.2 Å². The van der Waals surface area contributed by atoms with E-state index in [1.54, 1.807) is 6.92 Å². The van der Waals surface area contributed by atoms with Gasteiger partial charge in [-0.05, 0) is 30.9 Å². The summed E-state index contributed by atoms with van der Waals surface area (Å²) in [6.07, 6.45) is 2.89. The fraction of sp³-hybridized carbons (Fsp3) is 0.350. The SMILES string of the molecule is CCOC(=O)[C@@H](CC)n1cnc2scc(-c3ccc(CC)cc3)c2c1=O. The first-order valence-electron chi connectivity index (χ1n) is 8.84. The van der Waals surface area contributed by atoms with Gasteiger partial charge in [0.05, 0.1) is 18.3 Å². The van der Waals surface area contributed by atoms with Crippen LogP contribution in [0.4, 0.5) is 0 Å². The molecule has 2 heterocycles. The third-order valence-corrected chi connectivity index (χ3v) is 5.36. The van der Waals surface area contributed by atoms with Crippen molar-refractivity contribution in [1.82, 2.24) is 9.55 Å². The smallest absolute Gasteiger partial charge is 0.329 e. The molecule has 0 aliphatic rings. The van der Waals surface area contributed by atoms with E-state index in [9.17, 15) is 9.59 Å². The molecule has 1 aromatic carbocycles. The summed E-state index contributed by atoms with van der Waals surface area (Å²) in [5, 5.41) is 2.51. The van der Waals surface area contributed by atoms with Gasteiger partial charge >= 0.3 is 5.97 Å². The minimum atomic E-state index is -0.658. The molecule has 0 unspecified atom stereocenters. The van der Waals surface area contributed by atoms with Crippen LogP contribution >= 0.6 is 11.3 Å². The number of ether oxygens (including phenoxy) is 1. The zero-order valence-corrected chi connectivity index (χ0v) is 16.0. The molecule has 0 aliphatic carbocycles. The Balaban J connectivity index is 2.13. The average Bonchev–Trinajstić information content (AvgIpc) is 3.09. The zero-order chi connectivity index (χ0) is 18.7. The van der Waals surface area contributed by atoms with Crippen LogP contribution in [0.25, 0.3) is 21.3 Å². The van der Waals surface area contributed by atoms with Gasteiger partial charge in [0.1, 0.15) is 10.9 Å². The maximum absolute atomic E-state index is 13.1. The number of benzene rings is 1. The number of esters is 1. The van der Waals surface area contributed by atoms with Gasteiger partial charge in [-0.1, -0.05) is 38.1 Å². The summed E-state index contributed by atoms with van der Waals surface area (Å²) >= 11 is 1.44. The number of aromatic nitrogens is 2. The third-order valence-electron chi connectivity index (χ3n) is 4.47. The molecule has 0 radical (unpaired) electrons. The number of thiophene rings is 1. The molecule has 0 saturated heterocycles. The van der Waals surface area contributed by atoms with E-state index < -0.39 is 12.0 Å². The second-order valence-corrected chi connectivity index (χ2v) is 6.87. The van der Waals surface area contributed by atoms with Crippen molar-refractivity contribution in [3.8, 4) is 11.1 Å². The fourth-order valence-corrected chi connectivity index (χ4v) is 3.92. The number of carbonyl (C=O) groups excluding carboxylic acids is 1. The van der Waals surface area contributed by atoms with Crippen LogP contribution in [0.15, 0.2) is 40.8 Å². The molecule has 0 bridgehead atoms. The molecular weight excluding hydrogens is 348 g/mol. The number of hydrogen-bond donors (Lipinski definition) is 0. The first kappa shape index (κ1) is 18.3. The van der Waals surface area contributed by atoms with Crippen LogP contribution in [0.1, 0.15) is 38.8 Å². The van der Waals surface area contributed by atoms with E-state index in [1.165, 1.54) is 27.8 Å². The highest BCUT2D eigenvalue weighted by Crippen LogP contribution is 2.31. The monoisotopic (exact) mass is 370 g/mol. The van der Waals surface area contributed by atoms with Gasteiger partial charge in [0.25, 0.3) is 5.56 Å². The van der Waals surface area contributed by atoms with Crippen LogP contribution in [-0.4, -0.2) is 22.1 Å². The van der Waals surface area contributed by atoms with Crippen molar-refractivity contribution < 1.29 is 9.53 Å². The lowest BCUT2D eigenvalue weighted by Gasteiger charge is -2.16. The highest BCUT2D eigenvalue weighted by molar-refractivity contribution is 7.17. The number of fused-ring (bicyclic) bond motifs is 1. The standard InChI is InChI=1S/C20H22N2O3S/c1-4-13-7-9-14(10-8-13)15-11-26-18-17(15)19(23)22(12-21-18)16(5-2)20(24)25-6-3/h7-12,16H,4-6H2,1-3H3/t16-/m1/s1. The Kier molecular flexibility index (Phi) is 5.52. The van der Waals surface area contributed by atoms with Gasteiger partial charge in [-0.15, -0.1) is 11.3 Å². The van der Waals surface area contributed by atoms with Crippen LogP contribution in [0.3, 0.4) is 0 Å². The second kappa shape index (κ2) is 7.83. The Morgan fingerprint density at radius 2 is 1.96 bits per heavy atom. The van der Waals surface area contributed by atoms with E-state index in [4.69, 9.17) is 4.74 Å². The quantitative estimate of drug-likeness (QED) is 0.610. The minimum Gasteiger partial charge on any atom is -0.464 e. The normalized spacial score (nSPS) is 12.3. The number of hydrogen-bond acceptors (Lipinski definition) is 5. The van der Waals surface area contributed by atoms with Crippen LogP contribution in [0.5, 0.6) is 0 Å². The zero-order valence-electron chi connectivity index (χ0n) is 15.2. The maximum atomic E-state index is 13.1. The van der Waals surface area contributed by atoms with E-state index in [1.807, 2.05) is 24.4 Å². The molecule has 26 heavy (non-hydrogen) atoms. The predicted octanol–water partition coefficient (Wildman–Crippen LogP) is 4.20. The van der Waals surface area contributed by atoms with Crippen LogP contribution in [0.2, 0.25) is 0 Å². The van der Waals surface area contributed by atoms with Gasteiger partial charge in [0.15, 0.2) is 0 Å². The van der Waals surface area contributed by atoms with Crippen molar-refractivity contribution in [2.45, 2.75) is 39.7 Å². The molecule has 0 aliphatic heterocycles. The molecule has 3 rings (SSSR count). The Hall–Kier alpha value is -2.47. The summed E-state index contributed by atoms with van der Waals surface area (Å²) in [6.45, 7) is 6.01. The fourth-order valence-electron chi connectivity index (χ4n) is 3.02. The second-order valence-electron chi connectivity index (χ2n) is 6.01. The third kappa shape index (κ3) is 3.29. The Morgan fingerprint density at radius 1 is 1.23 bits per heavy atom. The molecule has 3 aromatic rings. The lowest BCUT2D eigenvalue weighted by atomic mass is 10.0. The van der Waals surface area contributed by atoms with Gasteiger partial charge in [-0.25, -0.2) is 9.78 Å². The minimum absolute atomic E-state index is 0.203. The highest BCUT2D eigenvalue weighted by atomic mass is 32.1. The van der Waals surface area contributed by atoms with Crippen LogP contribution in [0, 0.1) is 0 Å². The predicted molar refractivity (Wildman–Crippen MR) is 105 cm³/mol. The van der Waals surface area contributed by atoms with Crippen molar-refractivity contribution in [3.63, 3.8) is 0 Å². The molecule has 0 spiro atoms. The maximum Gasteiger partial charge on any atom is 0.329 e. The topological polar surface area (TPSA) is 61.2 Å². The number of aryl methyl sites for hydroxylation is 1. The average molecular weight is 370 g/mol. The molecule has 0 saturated carbocycles. The van der Waals surface area contributed by atoms with Gasteiger partial charge in [0.2, 0.25) is 0 Å². The summed E-state index contributed by atoms with van der Waals surface area (Å²) in [6, 6.07) is 7.54. The van der Waals surface area contributed by atoms with E-state index >= 15 is 0 Å². The molecule has 5 nitrogen and oxygen atoms in total. The van der Waals surface area contributed by atoms with Crippen LogP contribution in [-0.2, 0) is 16.0 Å². The molecule has 136 valence electrons. The molecule has 0 amide bonds. The summed E-state index contributed by atoms with van der Waals surface area (Å²) in [5.41, 5.74) is 2.88. The number of rotatable bonds is 6. The Labute approximate surface area is 156 Å². The van der Waals surface area contributed by atoms with E-state index in [0.717, 1.165) is 17.5 Å². The van der Waals surface area contributed by atoms with Gasteiger partial charge in [-0.2, -0.15) is 0 Å². The van der Waals surface area contributed by atoms with Crippen LogP contribution < -0.4 is 5.56 Å². The highest BCUT2D eigenvalue weighted by Gasteiger charge is 2.23. The number of nitrogens with zero attached hydrogens (tertiary/aromatic N) is 2. The largest absolute Gasteiger partial charge is 0.464 e. The molecule has 1 atom stereocenters. The van der Waals surface area contributed by atoms with E-state index in [2.05, 4.69) is 24.0 Å².